The Morgan fingerprint density at radius 1 is 1.29 bits per heavy atom. The molecule has 1 aliphatic rings. The van der Waals surface area contributed by atoms with E-state index >= 15 is 0 Å². The molecule has 6 nitrogen and oxygen atoms in total. The van der Waals surface area contributed by atoms with E-state index in [1.54, 1.807) is 6.08 Å². The van der Waals surface area contributed by atoms with Crippen LogP contribution in [0.4, 0.5) is 0 Å². The van der Waals surface area contributed by atoms with E-state index in [1.165, 1.54) is 6.08 Å². The lowest BCUT2D eigenvalue weighted by Gasteiger charge is -2.45. The zero-order chi connectivity index (χ0) is 13.1. The Kier molecular flexibility index (Phi) is 5.05. The van der Waals surface area contributed by atoms with Gasteiger partial charge in [-0.2, -0.15) is 0 Å². The molecule has 1 unspecified atom stereocenters. The lowest BCUT2D eigenvalue weighted by Crippen LogP contribution is -2.66. The summed E-state index contributed by atoms with van der Waals surface area (Å²) in [4.78, 5) is 0. The molecular weight excluding hydrogens is 228 g/mol. The van der Waals surface area contributed by atoms with Crippen molar-refractivity contribution in [1.82, 2.24) is 0 Å². The van der Waals surface area contributed by atoms with Crippen molar-refractivity contribution in [1.29, 1.82) is 0 Å². The molecule has 0 aromatic carbocycles. The summed E-state index contributed by atoms with van der Waals surface area (Å²) < 4.78 is 4.86. The highest BCUT2D eigenvalue weighted by Gasteiger charge is 2.52. The molecule has 0 saturated carbocycles. The zero-order valence-electron chi connectivity index (χ0n) is 9.73. The van der Waals surface area contributed by atoms with Crippen LogP contribution < -0.4 is 0 Å². The summed E-state index contributed by atoms with van der Waals surface area (Å²) in [6.45, 7) is 1.37. The van der Waals surface area contributed by atoms with Crippen LogP contribution >= 0.6 is 0 Å². The minimum Gasteiger partial charge on any atom is -0.394 e. The Labute approximate surface area is 99.8 Å². The first-order valence-electron chi connectivity index (χ1n) is 5.68. The molecule has 0 bridgehead atoms. The highest BCUT2D eigenvalue weighted by molar-refractivity contribution is 5.13. The molecule has 0 aliphatic carbocycles. The smallest absolute Gasteiger partial charge is 0.184 e. The Morgan fingerprint density at radius 3 is 2.47 bits per heavy atom. The number of hydrogen-bond donors (Lipinski definition) is 5. The summed E-state index contributed by atoms with van der Waals surface area (Å²) >= 11 is 0. The van der Waals surface area contributed by atoms with Crippen molar-refractivity contribution < 1.29 is 30.3 Å². The number of aliphatic hydroxyl groups is 5. The van der Waals surface area contributed by atoms with Gasteiger partial charge in [0.15, 0.2) is 6.29 Å². The van der Waals surface area contributed by atoms with Crippen molar-refractivity contribution in [3.63, 3.8) is 0 Å². The van der Waals surface area contributed by atoms with E-state index in [1.807, 2.05) is 6.92 Å². The third-order valence-electron chi connectivity index (χ3n) is 2.91. The van der Waals surface area contributed by atoms with Gasteiger partial charge in [-0.25, -0.2) is 0 Å². The molecule has 0 spiro atoms. The van der Waals surface area contributed by atoms with Crippen LogP contribution in [0.5, 0.6) is 0 Å². The quantitative estimate of drug-likeness (QED) is 0.387. The summed E-state index contributed by atoms with van der Waals surface area (Å²) in [6, 6.07) is 0. The molecular formula is C11H20O6. The molecule has 5 N–H and O–H groups in total. The molecule has 6 heteroatoms. The summed E-state index contributed by atoms with van der Waals surface area (Å²) in [5.74, 6) is 0. The molecule has 5 atom stereocenters. The van der Waals surface area contributed by atoms with Gasteiger partial charge in [-0.1, -0.05) is 25.5 Å². The van der Waals surface area contributed by atoms with Gasteiger partial charge in [-0.15, -0.1) is 0 Å². The number of rotatable bonds is 4. The maximum absolute atomic E-state index is 10.2. The van der Waals surface area contributed by atoms with Crippen molar-refractivity contribution in [3.8, 4) is 0 Å². The predicted octanol–water partition coefficient (Wildman–Crippen LogP) is -1.49. The van der Waals surface area contributed by atoms with E-state index < -0.39 is 36.8 Å². The van der Waals surface area contributed by atoms with E-state index in [-0.39, 0.29) is 0 Å². The van der Waals surface area contributed by atoms with Crippen molar-refractivity contribution in [2.75, 3.05) is 6.61 Å². The molecule has 1 fully saturated rings. The molecule has 0 aromatic heterocycles. The minimum absolute atomic E-state index is 0.576. The topological polar surface area (TPSA) is 110 Å². The third kappa shape index (κ3) is 2.85. The second kappa shape index (κ2) is 5.90. The van der Waals surface area contributed by atoms with Crippen molar-refractivity contribution in [2.24, 2.45) is 0 Å². The zero-order valence-corrected chi connectivity index (χ0v) is 9.73. The number of aliphatic hydroxyl groups excluding tert-OH is 4. The number of hydrogen-bond acceptors (Lipinski definition) is 6. The fourth-order valence-electron chi connectivity index (χ4n) is 1.81. The van der Waals surface area contributed by atoms with Gasteiger partial charge in [0.2, 0.25) is 0 Å². The first kappa shape index (κ1) is 14.6. The SMILES string of the molecule is CCCC=C[C@]1(O)[C@H](O)[C@@H](O)C(O)O[C@@H]1CO. The van der Waals surface area contributed by atoms with Crippen molar-refractivity contribution in [2.45, 2.75) is 50.0 Å². The van der Waals surface area contributed by atoms with Crippen LogP contribution in [0.15, 0.2) is 12.2 Å². The molecule has 100 valence electrons. The Hall–Kier alpha value is -0.500. The summed E-state index contributed by atoms with van der Waals surface area (Å²) in [5, 5.41) is 47.8. The Bertz CT molecular complexity index is 265. The van der Waals surface area contributed by atoms with E-state index in [0.29, 0.717) is 6.42 Å². The monoisotopic (exact) mass is 248 g/mol. The molecule has 17 heavy (non-hydrogen) atoms. The molecule has 0 aromatic rings. The highest BCUT2D eigenvalue weighted by Crippen LogP contribution is 2.30. The molecule has 1 rings (SSSR count). The maximum Gasteiger partial charge on any atom is 0.184 e. The summed E-state index contributed by atoms with van der Waals surface area (Å²) in [5.41, 5.74) is -1.90. The normalized spacial score (nSPS) is 43.2. The van der Waals surface area contributed by atoms with E-state index in [0.717, 1.165) is 6.42 Å². The molecule has 1 heterocycles. The van der Waals surface area contributed by atoms with Crippen molar-refractivity contribution >= 4 is 0 Å². The first-order chi connectivity index (χ1) is 7.97. The Balaban J connectivity index is 2.90. The largest absolute Gasteiger partial charge is 0.394 e. The minimum atomic E-state index is -1.90. The third-order valence-corrected chi connectivity index (χ3v) is 2.91. The highest BCUT2D eigenvalue weighted by atomic mass is 16.6. The van der Waals surface area contributed by atoms with E-state index in [4.69, 9.17) is 9.84 Å². The van der Waals surface area contributed by atoms with E-state index in [2.05, 4.69) is 0 Å². The average Bonchev–Trinajstić information content (AvgIpc) is 2.32. The number of ether oxygens (including phenoxy) is 1. The van der Waals surface area contributed by atoms with Gasteiger partial charge < -0.3 is 30.3 Å². The van der Waals surface area contributed by atoms with Crippen LogP contribution in [0.3, 0.4) is 0 Å². The van der Waals surface area contributed by atoms with Crippen molar-refractivity contribution in [3.05, 3.63) is 12.2 Å². The fourth-order valence-corrected chi connectivity index (χ4v) is 1.81. The van der Waals surface area contributed by atoms with Gasteiger partial charge in [0.1, 0.15) is 23.9 Å². The van der Waals surface area contributed by atoms with Gasteiger partial charge in [-0.05, 0) is 6.42 Å². The van der Waals surface area contributed by atoms with Crippen LogP contribution in [0, 0.1) is 0 Å². The van der Waals surface area contributed by atoms with Crippen LogP contribution in [-0.4, -0.2) is 62.3 Å². The molecule has 1 aliphatic heterocycles. The molecule has 1 saturated heterocycles. The van der Waals surface area contributed by atoms with Gasteiger partial charge >= 0.3 is 0 Å². The van der Waals surface area contributed by atoms with Crippen LogP contribution in [0.2, 0.25) is 0 Å². The lowest BCUT2D eigenvalue weighted by atomic mass is 9.83. The Morgan fingerprint density at radius 2 is 1.94 bits per heavy atom. The number of allylic oxidation sites excluding steroid dienone is 1. The fraction of sp³-hybridized carbons (Fsp3) is 0.818. The van der Waals surface area contributed by atoms with Crippen LogP contribution in [-0.2, 0) is 4.74 Å². The average molecular weight is 248 g/mol. The standard InChI is InChI=1S/C11H20O6/c1-2-3-4-5-11(16)7(6-12)17-10(15)8(13)9(11)14/h4-5,7-10,12-16H,2-3,6H2,1H3/t7-,8-,9-,10?,11-/m1/s1. The second-order valence-electron chi connectivity index (χ2n) is 4.21. The molecule has 0 amide bonds. The molecule has 0 radical (unpaired) electrons. The summed E-state index contributed by atoms with van der Waals surface area (Å²) in [7, 11) is 0. The first-order valence-corrected chi connectivity index (χ1v) is 5.68. The van der Waals surface area contributed by atoms with Gasteiger partial charge in [0.25, 0.3) is 0 Å². The second-order valence-corrected chi connectivity index (χ2v) is 4.21. The van der Waals surface area contributed by atoms with Crippen LogP contribution in [0.25, 0.3) is 0 Å². The number of unbranched alkanes of at least 4 members (excludes halogenated alkanes) is 1. The van der Waals surface area contributed by atoms with E-state index in [9.17, 15) is 20.4 Å². The van der Waals surface area contributed by atoms with Crippen LogP contribution in [0.1, 0.15) is 19.8 Å². The lowest BCUT2D eigenvalue weighted by molar-refractivity contribution is -0.308. The van der Waals surface area contributed by atoms with Gasteiger partial charge in [0, 0.05) is 0 Å². The maximum atomic E-state index is 10.2. The van der Waals surface area contributed by atoms with Gasteiger partial charge in [0.05, 0.1) is 6.61 Å². The summed E-state index contributed by atoms with van der Waals surface area (Å²) in [6.07, 6.45) is -1.54. The van der Waals surface area contributed by atoms with Gasteiger partial charge in [-0.3, -0.25) is 0 Å². The predicted molar refractivity (Wildman–Crippen MR) is 59.0 cm³/mol.